The van der Waals surface area contributed by atoms with Gasteiger partial charge in [0, 0.05) is 26.2 Å². The summed E-state index contributed by atoms with van der Waals surface area (Å²) < 4.78 is 43.7. The Bertz CT molecular complexity index is 543. The lowest BCUT2D eigenvalue weighted by Crippen LogP contribution is -2.48. The molecule has 1 saturated heterocycles. The van der Waals surface area contributed by atoms with Crippen LogP contribution in [0.4, 0.5) is 13.2 Å². The van der Waals surface area contributed by atoms with Gasteiger partial charge in [-0.1, -0.05) is 0 Å². The smallest absolute Gasteiger partial charge is 0.416 e. The third-order valence-corrected chi connectivity index (χ3v) is 4.12. The maximum absolute atomic E-state index is 12.7. The first-order valence-corrected chi connectivity index (χ1v) is 7.52. The zero-order chi connectivity index (χ0) is 16.3. The van der Waals surface area contributed by atoms with E-state index in [1.165, 1.54) is 6.07 Å². The lowest BCUT2D eigenvalue weighted by Gasteiger charge is -2.32. The van der Waals surface area contributed by atoms with Gasteiger partial charge in [-0.25, -0.2) is 0 Å². The number of halogens is 4. The van der Waals surface area contributed by atoms with Crippen molar-refractivity contribution in [2.75, 3.05) is 39.8 Å². The van der Waals surface area contributed by atoms with Gasteiger partial charge in [0.2, 0.25) is 0 Å². The van der Waals surface area contributed by atoms with E-state index in [9.17, 15) is 18.0 Å². The Morgan fingerprint density at radius 2 is 1.91 bits per heavy atom. The van der Waals surface area contributed by atoms with Crippen molar-refractivity contribution in [3.8, 4) is 5.75 Å². The van der Waals surface area contributed by atoms with Crippen LogP contribution < -0.4 is 4.74 Å². The van der Waals surface area contributed by atoms with E-state index in [4.69, 9.17) is 4.74 Å². The molecule has 2 rings (SSSR count). The van der Waals surface area contributed by atoms with Gasteiger partial charge < -0.3 is 14.5 Å². The molecule has 0 aromatic heterocycles. The van der Waals surface area contributed by atoms with Gasteiger partial charge in [0.25, 0.3) is 5.91 Å². The van der Waals surface area contributed by atoms with E-state index in [2.05, 4.69) is 20.8 Å². The van der Waals surface area contributed by atoms with Gasteiger partial charge >= 0.3 is 6.18 Å². The average Bonchev–Trinajstić information content (AvgIpc) is 2.45. The Kier molecular flexibility index (Phi) is 5.33. The zero-order valence-corrected chi connectivity index (χ0v) is 13.6. The minimum absolute atomic E-state index is 0.0114. The van der Waals surface area contributed by atoms with Gasteiger partial charge in [-0.3, -0.25) is 4.79 Å². The molecule has 4 nitrogen and oxygen atoms in total. The number of carbonyl (C=O) groups excluding carboxylic acids is 1. The number of benzene rings is 1. The summed E-state index contributed by atoms with van der Waals surface area (Å²) in [5.41, 5.74) is -0.808. The fourth-order valence-electron chi connectivity index (χ4n) is 2.08. The topological polar surface area (TPSA) is 32.8 Å². The molecule has 0 spiro atoms. The number of hydrogen-bond donors (Lipinski definition) is 0. The van der Waals surface area contributed by atoms with Crippen LogP contribution in [0.25, 0.3) is 0 Å². The zero-order valence-electron chi connectivity index (χ0n) is 12.0. The maximum atomic E-state index is 12.7. The van der Waals surface area contributed by atoms with Crippen LogP contribution in [0.1, 0.15) is 5.56 Å². The number of hydrogen-bond acceptors (Lipinski definition) is 3. The fraction of sp³-hybridized carbons (Fsp3) is 0.500. The number of likely N-dealkylation sites (N-methyl/N-ethyl adjacent to an activating group) is 1. The van der Waals surface area contributed by atoms with Crippen LogP contribution in [0.3, 0.4) is 0 Å². The van der Waals surface area contributed by atoms with Crippen molar-refractivity contribution in [3.63, 3.8) is 0 Å². The lowest BCUT2D eigenvalue weighted by molar-refractivity contribution is -0.137. The second-order valence-electron chi connectivity index (χ2n) is 5.12. The Balaban J connectivity index is 1.97. The fourth-order valence-corrected chi connectivity index (χ4v) is 2.44. The molecule has 1 aliphatic rings. The summed E-state index contributed by atoms with van der Waals surface area (Å²) in [5.74, 6) is -0.213. The molecule has 1 aliphatic heterocycles. The van der Waals surface area contributed by atoms with Gasteiger partial charge in [-0.05, 0) is 41.2 Å². The third kappa shape index (κ3) is 4.36. The van der Waals surface area contributed by atoms with Crippen molar-refractivity contribution in [1.82, 2.24) is 9.80 Å². The quantitative estimate of drug-likeness (QED) is 0.807. The first kappa shape index (κ1) is 17.1. The molecule has 0 saturated carbocycles. The summed E-state index contributed by atoms with van der Waals surface area (Å²) in [4.78, 5) is 15.8. The van der Waals surface area contributed by atoms with E-state index in [0.29, 0.717) is 17.6 Å². The van der Waals surface area contributed by atoms with Crippen molar-refractivity contribution in [2.45, 2.75) is 6.18 Å². The molecule has 1 aromatic rings. The molecular formula is C14H16BrF3N2O2. The second kappa shape index (κ2) is 6.87. The predicted molar refractivity (Wildman–Crippen MR) is 78.7 cm³/mol. The largest absolute Gasteiger partial charge is 0.483 e. The summed E-state index contributed by atoms with van der Waals surface area (Å²) in [7, 11) is 1.97. The van der Waals surface area contributed by atoms with E-state index >= 15 is 0 Å². The van der Waals surface area contributed by atoms with Gasteiger partial charge in [-0.2, -0.15) is 13.2 Å². The molecule has 1 fully saturated rings. The number of nitrogens with zero attached hydrogens (tertiary/aromatic N) is 2. The van der Waals surface area contributed by atoms with Crippen LogP contribution in [0.2, 0.25) is 0 Å². The predicted octanol–water partition coefficient (Wildman–Crippen LogP) is 2.62. The highest BCUT2D eigenvalue weighted by Gasteiger charge is 2.31. The number of carbonyl (C=O) groups is 1. The van der Waals surface area contributed by atoms with Crippen LogP contribution in [0, 0.1) is 0 Å². The first-order chi connectivity index (χ1) is 10.3. The highest BCUT2D eigenvalue weighted by molar-refractivity contribution is 9.10. The minimum Gasteiger partial charge on any atom is -0.483 e. The van der Waals surface area contributed by atoms with Crippen molar-refractivity contribution in [1.29, 1.82) is 0 Å². The van der Waals surface area contributed by atoms with Gasteiger partial charge in [0.05, 0.1) is 10.0 Å². The van der Waals surface area contributed by atoms with Crippen LogP contribution >= 0.6 is 15.9 Å². The molecule has 0 bridgehead atoms. The molecule has 122 valence electrons. The summed E-state index contributed by atoms with van der Waals surface area (Å²) in [6.45, 7) is 2.48. The van der Waals surface area contributed by atoms with E-state index in [1.807, 2.05) is 7.05 Å². The van der Waals surface area contributed by atoms with Crippen molar-refractivity contribution in [3.05, 3.63) is 28.2 Å². The summed E-state index contributed by atoms with van der Waals surface area (Å²) in [5, 5.41) is 0. The third-order valence-electron chi connectivity index (χ3n) is 3.47. The minimum atomic E-state index is -4.44. The number of alkyl halides is 3. The molecule has 1 heterocycles. The summed E-state index contributed by atoms with van der Waals surface area (Å²) in [6, 6.07) is 3.11. The van der Waals surface area contributed by atoms with Crippen LogP contribution in [0.5, 0.6) is 5.75 Å². The van der Waals surface area contributed by atoms with E-state index in [0.717, 1.165) is 25.2 Å². The summed E-state index contributed by atoms with van der Waals surface area (Å²) >= 11 is 3.13. The highest BCUT2D eigenvalue weighted by atomic mass is 79.9. The molecule has 1 aromatic carbocycles. The molecule has 0 unspecified atom stereocenters. The molecule has 22 heavy (non-hydrogen) atoms. The number of rotatable bonds is 3. The Hall–Kier alpha value is -1.28. The van der Waals surface area contributed by atoms with Crippen molar-refractivity contribution >= 4 is 21.8 Å². The van der Waals surface area contributed by atoms with E-state index in [1.54, 1.807) is 4.90 Å². The molecule has 0 aliphatic carbocycles. The monoisotopic (exact) mass is 380 g/mol. The first-order valence-electron chi connectivity index (χ1n) is 6.73. The molecular weight excluding hydrogens is 365 g/mol. The van der Waals surface area contributed by atoms with Crippen molar-refractivity contribution < 1.29 is 22.7 Å². The number of ether oxygens (including phenoxy) is 1. The molecule has 1 amide bonds. The van der Waals surface area contributed by atoms with E-state index < -0.39 is 11.7 Å². The Morgan fingerprint density at radius 1 is 1.27 bits per heavy atom. The highest BCUT2D eigenvalue weighted by Crippen LogP contribution is 2.35. The maximum Gasteiger partial charge on any atom is 0.416 e. The standard InChI is InChI=1S/C14H16BrF3N2O2/c1-19-4-6-20(7-5-19)13(21)9-22-12-8-10(14(16,17)18)2-3-11(12)15/h2-3,8H,4-7,9H2,1H3. The average molecular weight is 381 g/mol. The van der Waals surface area contributed by atoms with Gasteiger partial charge in [0.15, 0.2) is 6.61 Å². The van der Waals surface area contributed by atoms with Crippen molar-refractivity contribution in [2.24, 2.45) is 0 Å². The normalized spacial score (nSPS) is 16.7. The van der Waals surface area contributed by atoms with Gasteiger partial charge in [0.1, 0.15) is 5.75 Å². The number of piperazine rings is 1. The van der Waals surface area contributed by atoms with Gasteiger partial charge in [-0.15, -0.1) is 0 Å². The SMILES string of the molecule is CN1CCN(C(=O)COc2cc(C(F)(F)F)ccc2Br)CC1. The number of amides is 1. The Labute approximate surface area is 135 Å². The molecule has 0 radical (unpaired) electrons. The van der Waals surface area contributed by atoms with Crippen LogP contribution in [-0.2, 0) is 11.0 Å². The van der Waals surface area contributed by atoms with Crippen LogP contribution in [-0.4, -0.2) is 55.5 Å². The van der Waals surface area contributed by atoms with Crippen LogP contribution in [0.15, 0.2) is 22.7 Å². The summed E-state index contributed by atoms with van der Waals surface area (Å²) in [6.07, 6.45) is -4.44. The van der Waals surface area contributed by atoms with E-state index in [-0.39, 0.29) is 18.3 Å². The molecule has 0 atom stereocenters. The molecule has 0 N–H and O–H groups in total. The molecule has 8 heteroatoms. The second-order valence-corrected chi connectivity index (χ2v) is 5.97. The lowest BCUT2D eigenvalue weighted by atomic mass is 10.2. The Morgan fingerprint density at radius 3 is 2.50 bits per heavy atom.